The molecule has 2 nitrogen and oxygen atoms in total. The van der Waals surface area contributed by atoms with E-state index in [1.54, 1.807) is 0 Å². The second-order valence-corrected chi connectivity index (χ2v) is 3.46. The fraction of sp³-hybridized carbons (Fsp3) is 1.00. The Kier molecular flexibility index (Phi) is 1.12. The van der Waals surface area contributed by atoms with Crippen LogP contribution in [0.3, 0.4) is 0 Å². The molecule has 2 bridgehead atoms. The third-order valence-electron chi connectivity index (χ3n) is 2.59. The minimum absolute atomic E-state index is 0.0291. The molecule has 0 amide bonds. The largest absolute Gasteiger partial charge is 0.393 e. The molecule has 0 radical (unpaired) electrons. The molecule has 2 atom stereocenters. The fourth-order valence-electron chi connectivity index (χ4n) is 1.92. The van der Waals surface area contributed by atoms with Gasteiger partial charge in [-0.15, -0.1) is 0 Å². The highest BCUT2D eigenvalue weighted by Gasteiger charge is 2.56. The summed E-state index contributed by atoms with van der Waals surface area (Å²) in [4.78, 5) is 0. The van der Waals surface area contributed by atoms with Gasteiger partial charge < -0.3 is 9.84 Å². The van der Waals surface area contributed by atoms with Crippen molar-refractivity contribution in [3.8, 4) is 0 Å². The monoisotopic (exact) mass is 146 g/mol. The number of ether oxygens (including phenoxy) is 1. The second kappa shape index (κ2) is 1.71. The van der Waals surface area contributed by atoms with Crippen LogP contribution in [0, 0.1) is 0 Å². The zero-order valence-corrected chi connectivity index (χ0v) is 5.77. The number of rotatable bonds is 1. The molecule has 0 aromatic rings. The van der Waals surface area contributed by atoms with E-state index in [1.807, 2.05) is 0 Å². The van der Waals surface area contributed by atoms with Crippen molar-refractivity contribution in [3.63, 3.8) is 0 Å². The standard InChI is InChI=1S/C7H11FO2/c8-6-1-2-7(3-6,4-9)10-5-6/h9H,1-5H2. The summed E-state index contributed by atoms with van der Waals surface area (Å²) in [6.45, 7) is 0.159. The summed E-state index contributed by atoms with van der Waals surface area (Å²) < 4.78 is 18.4. The Bertz CT molecular complexity index is 150. The topological polar surface area (TPSA) is 29.5 Å². The molecule has 1 aliphatic carbocycles. The molecular weight excluding hydrogens is 135 g/mol. The number of hydrogen-bond acceptors (Lipinski definition) is 2. The molecule has 1 saturated heterocycles. The Morgan fingerprint density at radius 3 is 2.50 bits per heavy atom. The van der Waals surface area contributed by atoms with Crippen molar-refractivity contribution >= 4 is 0 Å². The Hall–Kier alpha value is -0.150. The summed E-state index contributed by atoms with van der Waals surface area (Å²) in [5, 5.41) is 8.87. The van der Waals surface area contributed by atoms with Crippen molar-refractivity contribution in [2.45, 2.75) is 30.5 Å². The van der Waals surface area contributed by atoms with E-state index in [9.17, 15) is 4.39 Å². The minimum atomic E-state index is -1.11. The SMILES string of the molecule is OCC12CCC(F)(CO1)C2. The van der Waals surface area contributed by atoms with Crippen LogP contribution in [-0.4, -0.2) is 29.6 Å². The minimum Gasteiger partial charge on any atom is -0.393 e. The van der Waals surface area contributed by atoms with Gasteiger partial charge in [0.2, 0.25) is 0 Å². The van der Waals surface area contributed by atoms with Gasteiger partial charge in [-0.1, -0.05) is 0 Å². The maximum atomic E-state index is 13.3. The third kappa shape index (κ3) is 0.705. The molecule has 0 aromatic heterocycles. The van der Waals surface area contributed by atoms with Crippen molar-refractivity contribution < 1.29 is 14.2 Å². The Morgan fingerprint density at radius 1 is 1.50 bits per heavy atom. The highest BCUT2D eigenvalue weighted by atomic mass is 19.1. The van der Waals surface area contributed by atoms with Gasteiger partial charge in [-0.25, -0.2) is 4.39 Å². The highest BCUT2D eigenvalue weighted by Crippen LogP contribution is 2.48. The molecule has 0 spiro atoms. The summed E-state index contributed by atoms with van der Waals surface area (Å²) in [7, 11) is 0. The summed E-state index contributed by atoms with van der Waals surface area (Å²) in [6.07, 6.45) is 1.64. The van der Waals surface area contributed by atoms with E-state index in [2.05, 4.69) is 0 Å². The van der Waals surface area contributed by atoms with E-state index in [0.29, 0.717) is 19.3 Å². The van der Waals surface area contributed by atoms with Crippen molar-refractivity contribution in [2.24, 2.45) is 0 Å². The number of hydrogen-bond donors (Lipinski definition) is 1. The van der Waals surface area contributed by atoms with E-state index in [1.165, 1.54) is 0 Å². The fourth-order valence-corrected chi connectivity index (χ4v) is 1.92. The maximum Gasteiger partial charge on any atom is 0.137 e. The van der Waals surface area contributed by atoms with Crippen LogP contribution in [0.1, 0.15) is 19.3 Å². The van der Waals surface area contributed by atoms with Crippen LogP contribution in [0.25, 0.3) is 0 Å². The first-order chi connectivity index (χ1) is 4.68. The van der Waals surface area contributed by atoms with Crippen LogP contribution in [-0.2, 0) is 4.74 Å². The van der Waals surface area contributed by atoms with Crippen molar-refractivity contribution in [2.75, 3.05) is 13.2 Å². The predicted octanol–water partition coefficient (Wildman–Crippen LogP) is 0.640. The predicted molar refractivity (Wildman–Crippen MR) is 33.5 cm³/mol. The van der Waals surface area contributed by atoms with Gasteiger partial charge in [-0.2, -0.15) is 0 Å². The van der Waals surface area contributed by atoms with Gasteiger partial charge in [0.05, 0.1) is 18.8 Å². The average Bonchev–Trinajstić information content (AvgIpc) is 2.42. The summed E-state index contributed by atoms with van der Waals surface area (Å²) in [6, 6.07) is 0. The van der Waals surface area contributed by atoms with Gasteiger partial charge in [0.1, 0.15) is 5.67 Å². The first-order valence-electron chi connectivity index (χ1n) is 3.62. The van der Waals surface area contributed by atoms with Crippen molar-refractivity contribution in [1.82, 2.24) is 0 Å². The molecule has 1 heterocycles. The van der Waals surface area contributed by atoms with Crippen LogP contribution in [0.5, 0.6) is 0 Å². The lowest BCUT2D eigenvalue weighted by Crippen LogP contribution is -2.31. The maximum absolute atomic E-state index is 13.3. The average molecular weight is 146 g/mol. The number of fused-ring (bicyclic) bond motifs is 2. The Labute approximate surface area is 59.0 Å². The van der Waals surface area contributed by atoms with Crippen LogP contribution < -0.4 is 0 Å². The van der Waals surface area contributed by atoms with Gasteiger partial charge in [0, 0.05) is 6.42 Å². The number of alkyl halides is 1. The Balaban J connectivity index is 2.19. The molecule has 2 unspecified atom stereocenters. The van der Waals surface area contributed by atoms with Crippen LogP contribution in [0.4, 0.5) is 4.39 Å². The van der Waals surface area contributed by atoms with Gasteiger partial charge in [-0.3, -0.25) is 0 Å². The third-order valence-corrected chi connectivity index (χ3v) is 2.59. The van der Waals surface area contributed by atoms with Gasteiger partial charge in [0.15, 0.2) is 0 Å². The molecule has 2 rings (SSSR count). The normalized spacial score (nSPS) is 52.2. The quantitative estimate of drug-likeness (QED) is 0.588. The lowest BCUT2D eigenvalue weighted by atomic mass is 10.0. The Morgan fingerprint density at radius 2 is 2.30 bits per heavy atom. The van der Waals surface area contributed by atoms with E-state index in [0.717, 1.165) is 0 Å². The van der Waals surface area contributed by atoms with Gasteiger partial charge >= 0.3 is 0 Å². The molecule has 10 heavy (non-hydrogen) atoms. The molecule has 2 fully saturated rings. The second-order valence-electron chi connectivity index (χ2n) is 3.46. The summed E-state index contributed by atoms with van der Waals surface area (Å²) in [5.74, 6) is 0. The van der Waals surface area contributed by atoms with E-state index in [-0.39, 0.29) is 13.2 Å². The van der Waals surface area contributed by atoms with Crippen molar-refractivity contribution in [3.05, 3.63) is 0 Å². The lowest BCUT2D eigenvalue weighted by Gasteiger charge is -2.23. The van der Waals surface area contributed by atoms with Crippen LogP contribution >= 0.6 is 0 Å². The molecule has 3 heteroatoms. The molecule has 1 N–H and O–H groups in total. The first-order valence-corrected chi connectivity index (χ1v) is 3.62. The molecule has 1 saturated carbocycles. The summed E-state index contributed by atoms with van der Waals surface area (Å²) >= 11 is 0. The van der Waals surface area contributed by atoms with E-state index < -0.39 is 11.3 Å². The number of aliphatic hydroxyl groups is 1. The lowest BCUT2D eigenvalue weighted by molar-refractivity contribution is -0.0633. The van der Waals surface area contributed by atoms with Gasteiger partial charge in [0.25, 0.3) is 0 Å². The molecule has 0 aromatic carbocycles. The summed E-state index contributed by atoms with van der Waals surface area (Å²) in [5.41, 5.74) is -1.61. The molecule has 1 aliphatic heterocycles. The zero-order chi connectivity index (χ0) is 7.24. The number of aliphatic hydroxyl groups excluding tert-OH is 1. The smallest absolute Gasteiger partial charge is 0.137 e. The zero-order valence-electron chi connectivity index (χ0n) is 5.77. The van der Waals surface area contributed by atoms with Crippen molar-refractivity contribution in [1.29, 1.82) is 0 Å². The number of halogens is 1. The van der Waals surface area contributed by atoms with Crippen LogP contribution in [0.15, 0.2) is 0 Å². The van der Waals surface area contributed by atoms with Crippen LogP contribution in [0.2, 0.25) is 0 Å². The highest BCUT2D eigenvalue weighted by molar-refractivity contribution is 5.05. The van der Waals surface area contributed by atoms with E-state index in [4.69, 9.17) is 9.84 Å². The molecule has 2 aliphatic rings. The molecular formula is C7H11FO2. The first kappa shape index (κ1) is 6.55. The van der Waals surface area contributed by atoms with E-state index >= 15 is 0 Å². The van der Waals surface area contributed by atoms with Gasteiger partial charge in [-0.05, 0) is 12.8 Å². The molecule has 58 valence electrons.